The molecule has 1 saturated carbocycles. The zero-order valence-electron chi connectivity index (χ0n) is 17.0. The molecule has 9 nitrogen and oxygen atoms in total. The van der Waals surface area contributed by atoms with Crippen LogP contribution in [0.15, 0.2) is 23.1 Å². The summed E-state index contributed by atoms with van der Waals surface area (Å²) in [5.41, 5.74) is 0. The second-order valence-electron chi connectivity index (χ2n) is 7.43. The van der Waals surface area contributed by atoms with Gasteiger partial charge in [-0.05, 0) is 31.9 Å². The van der Waals surface area contributed by atoms with E-state index in [9.17, 15) is 18.0 Å². The quantitative estimate of drug-likeness (QED) is 0.588. The average molecular weight is 441 g/mol. The van der Waals surface area contributed by atoms with E-state index < -0.39 is 22.1 Å². The summed E-state index contributed by atoms with van der Waals surface area (Å²) in [6.07, 6.45) is 3.66. The Morgan fingerprint density at radius 2 is 1.83 bits per heavy atom. The zero-order valence-corrected chi connectivity index (χ0v) is 17.8. The van der Waals surface area contributed by atoms with E-state index >= 15 is 0 Å². The summed E-state index contributed by atoms with van der Waals surface area (Å²) in [6.45, 7) is 2.32. The van der Waals surface area contributed by atoms with Crippen LogP contribution in [0.4, 0.5) is 0 Å². The number of carbonyl (C=O) groups is 2. The summed E-state index contributed by atoms with van der Waals surface area (Å²) in [6, 6.07) is 4.51. The third kappa shape index (κ3) is 6.09. The molecule has 0 aromatic heterocycles. The van der Waals surface area contributed by atoms with Gasteiger partial charge in [-0.25, -0.2) is 13.1 Å². The third-order valence-corrected chi connectivity index (χ3v) is 6.49. The first-order chi connectivity index (χ1) is 14.3. The Bertz CT molecular complexity index is 866. The van der Waals surface area contributed by atoms with E-state index in [1.165, 1.54) is 19.1 Å². The van der Waals surface area contributed by atoms with Crippen molar-refractivity contribution >= 4 is 21.9 Å². The summed E-state index contributed by atoms with van der Waals surface area (Å²) in [7, 11) is -3.83. The van der Waals surface area contributed by atoms with Crippen molar-refractivity contribution in [2.75, 3.05) is 19.8 Å². The van der Waals surface area contributed by atoms with E-state index in [1.54, 1.807) is 6.07 Å². The van der Waals surface area contributed by atoms with Gasteiger partial charge in [0.15, 0.2) is 17.6 Å². The standard InChI is InChI=1S/C20H28N2O7S/c1-14(20(24)22-15-5-2-3-6-15)29-19(23)9-10-21-30(25,26)16-7-8-17-18(13-16)28-12-4-11-27-17/h7-8,13-15,21H,2-6,9-12H2,1H3,(H,22,24). The smallest absolute Gasteiger partial charge is 0.307 e. The Balaban J connectivity index is 1.46. The molecule has 1 aromatic rings. The number of ether oxygens (including phenoxy) is 3. The zero-order chi connectivity index (χ0) is 21.6. The van der Waals surface area contributed by atoms with Crippen molar-refractivity contribution in [3.8, 4) is 11.5 Å². The van der Waals surface area contributed by atoms with Gasteiger partial charge in [-0.2, -0.15) is 0 Å². The lowest BCUT2D eigenvalue weighted by molar-refractivity contribution is -0.154. The lowest BCUT2D eigenvalue weighted by Gasteiger charge is -2.17. The second-order valence-corrected chi connectivity index (χ2v) is 9.20. The van der Waals surface area contributed by atoms with Crippen molar-refractivity contribution in [2.24, 2.45) is 0 Å². The summed E-state index contributed by atoms with van der Waals surface area (Å²) >= 11 is 0. The molecule has 0 bridgehead atoms. The number of esters is 1. The van der Waals surface area contributed by atoms with Crippen LogP contribution >= 0.6 is 0 Å². The molecule has 1 aliphatic heterocycles. The number of benzene rings is 1. The second kappa shape index (κ2) is 10.1. The summed E-state index contributed by atoms with van der Waals surface area (Å²) in [5.74, 6) is -0.106. The highest BCUT2D eigenvalue weighted by atomic mass is 32.2. The minimum Gasteiger partial charge on any atom is -0.490 e. The number of nitrogens with one attached hydrogen (secondary N) is 2. The van der Waals surface area contributed by atoms with Gasteiger partial charge in [0.05, 0.1) is 24.5 Å². The van der Waals surface area contributed by atoms with E-state index in [1.807, 2.05) is 0 Å². The average Bonchev–Trinajstić information content (AvgIpc) is 3.09. The molecule has 1 unspecified atom stereocenters. The van der Waals surface area contributed by atoms with Crippen LogP contribution in [0.3, 0.4) is 0 Å². The van der Waals surface area contributed by atoms with Crippen LogP contribution in [-0.2, 0) is 24.3 Å². The topological polar surface area (TPSA) is 120 Å². The van der Waals surface area contributed by atoms with Crippen molar-refractivity contribution < 1.29 is 32.2 Å². The number of amides is 1. The Morgan fingerprint density at radius 1 is 1.13 bits per heavy atom. The minimum atomic E-state index is -3.83. The van der Waals surface area contributed by atoms with Gasteiger partial charge < -0.3 is 19.5 Å². The molecular formula is C20H28N2O7S. The minimum absolute atomic E-state index is 0.0180. The van der Waals surface area contributed by atoms with Gasteiger partial charge in [-0.15, -0.1) is 0 Å². The highest BCUT2D eigenvalue weighted by molar-refractivity contribution is 7.89. The molecule has 166 valence electrons. The summed E-state index contributed by atoms with van der Waals surface area (Å²) < 4.78 is 43.4. The van der Waals surface area contributed by atoms with Crippen molar-refractivity contribution in [1.82, 2.24) is 10.0 Å². The largest absolute Gasteiger partial charge is 0.490 e. The molecule has 3 rings (SSSR count). The van der Waals surface area contributed by atoms with E-state index in [0.29, 0.717) is 31.1 Å². The SMILES string of the molecule is CC(OC(=O)CCNS(=O)(=O)c1ccc2c(c1)OCCCO2)C(=O)NC1CCCC1. The van der Waals surface area contributed by atoms with Crippen molar-refractivity contribution in [3.05, 3.63) is 18.2 Å². The van der Waals surface area contributed by atoms with Gasteiger partial charge >= 0.3 is 5.97 Å². The fourth-order valence-electron chi connectivity index (χ4n) is 3.38. The van der Waals surface area contributed by atoms with Crippen molar-refractivity contribution in [3.63, 3.8) is 0 Å². The van der Waals surface area contributed by atoms with Crippen LogP contribution in [0.1, 0.15) is 45.4 Å². The number of rotatable bonds is 8. The number of carbonyl (C=O) groups excluding carboxylic acids is 2. The molecule has 0 spiro atoms. The molecule has 30 heavy (non-hydrogen) atoms. The fraction of sp³-hybridized carbons (Fsp3) is 0.600. The first-order valence-corrected chi connectivity index (χ1v) is 11.7. The molecule has 2 N–H and O–H groups in total. The Morgan fingerprint density at radius 3 is 2.57 bits per heavy atom. The molecule has 1 aromatic carbocycles. The van der Waals surface area contributed by atoms with Crippen molar-refractivity contribution in [2.45, 2.75) is 62.5 Å². The van der Waals surface area contributed by atoms with Gasteiger partial charge in [-0.3, -0.25) is 9.59 Å². The molecule has 1 aliphatic carbocycles. The normalized spacial score (nSPS) is 17.8. The molecule has 2 aliphatic rings. The molecule has 10 heteroatoms. The van der Waals surface area contributed by atoms with Gasteiger partial charge in [-0.1, -0.05) is 12.8 Å². The molecule has 1 atom stereocenters. The van der Waals surface area contributed by atoms with Crippen LogP contribution in [0.25, 0.3) is 0 Å². The first kappa shape index (κ1) is 22.4. The van der Waals surface area contributed by atoms with Crippen LogP contribution in [0.2, 0.25) is 0 Å². The number of fused-ring (bicyclic) bond motifs is 1. The molecular weight excluding hydrogens is 412 g/mol. The lowest BCUT2D eigenvalue weighted by Crippen LogP contribution is -2.41. The van der Waals surface area contributed by atoms with E-state index in [2.05, 4.69) is 10.0 Å². The lowest BCUT2D eigenvalue weighted by atomic mass is 10.2. The van der Waals surface area contributed by atoms with Gasteiger partial charge in [0.1, 0.15) is 0 Å². The molecule has 0 radical (unpaired) electrons. The summed E-state index contributed by atoms with van der Waals surface area (Å²) in [4.78, 5) is 24.1. The maximum atomic E-state index is 12.5. The monoisotopic (exact) mass is 440 g/mol. The number of hydrogen-bond acceptors (Lipinski definition) is 7. The summed E-state index contributed by atoms with van der Waals surface area (Å²) in [5, 5.41) is 2.87. The predicted molar refractivity (Wildman–Crippen MR) is 108 cm³/mol. The molecule has 1 fully saturated rings. The van der Waals surface area contributed by atoms with Gasteiger partial charge in [0.25, 0.3) is 5.91 Å². The number of hydrogen-bond donors (Lipinski definition) is 2. The molecule has 1 amide bonds. The molecule has 1 heterocycles. The Kier molecular flexibility index (Phi) is 7.54. The van der Waals surface area contributed by atoms with Gasteiger partial charge in [0.2, 0.25) is 10.0 Å². The maximum absolute atomic E-state index is 12.5. The maximum Gasteiger partial charge on any atom is 0.307 e. The predicted octanol–water partition coefficient (Wildman–Crippen LogP) is 1.51. The van der Waals surface area contributed by atoms with Crippen LogP contribution in [0.5, 0.6) is 11.5 Å². The molecule has 0 saturated heterocycles. The van der Waals surface area contributed by atoms with E-state index in [0.717, 1.165) is 25.7 Å². The highest BCUT2D eigenvalue weighted by Crippen LogP contribution is 2.31. The fourth-order valence-corrected chi connectivity index (χ4v) is 4.43. The first-order valence-electron chi connectivity index (χ1n) is 10.2. The highest BCUT2D eigenvalue weighted by Gasteiger charge is 2.23. The van der Waals surface area contributed by atoms with E-state index in [4.69, 9.17) is 14.2 Å². The van der Waals surface area contributed by atoms with E-state index in [-0.39, 0.29) is 29.8 Å². The third-order valence-electron chi connectivity index (χ3n) is 5.03. The van der Waals surface area contributed by atoms with Crippen LogP contribution < -0.4 is 19.5 Å². The Labute approximate surface area is 176 Å². The van der Waals surface area contributed by atoms with Crippen molar-refractivity contribution in [1.29, 1.82) is 0 Å². The Hall–Kier alpha value is -2.33. The van der Waals surface area contributed by atoms with Crippen LogP contribution in [0, 0.1) is 0 Å². The van der Waals surface area contributed by atoms with Gasteiger partial charge in [0, 0.05) is 25.1 Å². The number of sulfonamides is 1. The van der Waals surface area contributed by atoms with Crippen LogP contribution in [-0.4, -0.2) is 52.2 Å².